The first-order valence-electron chi connectivity index (χ1n) is 11.4. The monoisotopic (exact) mass is 482 g/mol. The summed E-state index contributed by atoms with van der Waals surface area (Å²) in [6.07, 6.45) is 1.64. The van der Waals surface area contributed by atoms with E-state index in [1.807, 2.05) is 30.3 Å². The number of hydrogen-bond acceptors (Lipinski definition) is 4. The SMILES string of the molecule is Cc1ccc(S(=O)(=O)N2CCC(C)CC2)cc1C(=O)Nc1c(C)n(C)n(-c2ccccc2)c1=O. The van der Waals surface area contributed by atoms with Crippen molar-refractivity contribution in [1.29, 1.82) is 0 Å². The highest BCUT2D eigenvalue weighted by atomic mass is 32.2. The van der Waals surface area contributed by atoms with Gasteiger partial charge in [-0.05, 0) is 62.4 Å². The predicted molar refractivity (Wildman–Crippen MR) is 132 cm³/mol. The molecular formula is C25H30N4O4S. The molecule has 0 aliphatic carbocycles. The third-order valence-corrected chi connectivity index (χ3v) is 8.52. The first-order chi connectivity index (χ1) is 16.1. The minimum Gasteiger partial charge on any atom is -0.316 e. The maximum absolute atomic E-state index is 13.2. The van der Waals surface area contributed by atoms with E-state index in [4.69, 9.17) is 0 Å². The first kappa shape index (κ1) is 24.0. The summed E-state index contributed by atoms with van der Waals surface area (Å²) in [5, 5.41) is 2.73. The molecule has 0 radical (unpaired) electrons. The molecular weight excluding hydrogens is 452 g/mol. The van der Waals surface area contributed by atoms with Gasteiger partial charge in [-0.25, -0.2) is 13.1 Å². The fraction of sp³-hybridized carbons (Fsp3) is 0.360. The Labute approximate surface area is 199 Å². The highest BCUT2D eigenvalue weighted by Gasteiger charge is 2.29. The van der Waals surface area contributed by atoms with Crippen LogP contribution in [0.25, 0.3) is 5.69 Å². The number of rotatable bonds is 5. The molecule has 0 spiro atoms. The normalized spacial score (nSPS) is 15.4. The molecule has 8 nitrogen and oxygen atoms in total. The molecule has 0 unspecified atom stereocenters. The number of aromatic nitrogens is 2. The van der Waals surface area contributed by atoms with Crippen molar-refractivity contribution in [3.8, 4) is 5.69 Å². The van der Waals surface area contributed by atoms with Crippen LogP contribution in [0, 0.1) is 19.8 Å². The molecule has 9 heteroatoms. The number of para-hydroxylation sites is 1. The van der Waals surface area contributed by atoms with Gasteiger partial charge in [-0.2, -0.15) is 4.31 Å². The van der Waals surface area contributed by atoms with Gasteiger partial charge in [-0.3, -0.25) is 14.3 Å². The van der Waals surface area contributed by atoms with Crippen molar-refractivity contribution in [1.82, 2.24) is 13.7 Å². The lowest BCUT2D eigenvalue weighted by molar-refractivity contribution is 0.102. The summed E-state index contributed by atoms with van der Waals surface area (Å²) in [7, 11) is -1.96. The Bertz CT molecular complexity index is 1380. The third-order valence-electron chi connectivity index (χ3n) is 6.63. The molecule has 3 aromatic rings. The summed E-state index contributed by atoms with van der Waals surface area (Å²) in [6, 6.07) is 13.7. The van der Waals surface area contributed by atoms with Crippen molar-refractivity contribution in [3.63, 3.8) is 0 Å². The largest absolute Gasteiger partial charge is 0.316 e. The Hall–Kier alpha value is -3.17. The van der Waals surface area contributed by atoms with E-state index in [0.29, 0.717) is 36.0 Å². The van der Waals surface area contributed by atoms with Gasteiger partial charge in [-0.1, -0.05) is 31.2 Å². The van der Waals surface area contributed by atoms with E-state index in [9.17, 15) is 18.0 Å². The van der Waals surface area contributed by atoms with Crippen LogP contribution in [0.1, 0.15) is 41.4 Å². The molecule has 4 rings (SSSR count). The molecule has 1 saturated heterocycles. The molecule has 1 aliphatic heterocycles. The van der Waals surface area contributed by atoms with Crippen LogP contribution < -0.4 is 10.9 Å². The second-order valence-corrected chi connectivity index (χ2v) is 10.9. The Morgan fingerprint density at radius 1 is 1.03 bits per heavy atom. The van der Waals surface area contributed by atoms with Crippen LogP contribution >= 0.6 is 0 Å². The number of nitrogens with zero attached hydrogens (tertiary/aromatic N) is 3. The highest BCUT2D eigenvalue weighted by Crippen LogP contribution is 2.25. The van der Waals surface area contributed by atoms with Crippen molar-refractivity contribution < 1.29 is 13.2 Å². The molecule has 0 atom stereocenters. The van der Waals surface area contributed by atoms with Gasteiger partial charge >= 0.3 is 0 Å². The standard InChI is InChI=1S/C25H30N4O4S/c1-17-12-14-28(15-13-17)34(32,33)21-11-10-18(2)22(16-21)24(30)26-23-19(3)27(4)29(25(23)31)20-8-6-5-7-9-20/h5-11,16-17H,12-15H2,1-4H3,(H,26,30). The van der Waals surface area contributed by atoms with E-state index >= 15 is 0 Å². The molecule has 1 amide bonds. The Morgan fingerprint density at radius 3 is 2.32 bits per heavy atom. The molecule has 2 aromatic carbocycles. The molecule has 2 heterocycles. The smallest absolute Gasteiger partial charge is 0.295 e. The third kappa shape index (κ3) is 4.33. The van der Waals surface area contributed by atoms with Gasteiger partial charge in [0.25, 0.3) is 11.5 Å². The minimum atomic E-state index is -3.70. The van der Waals surface area contributed by atoms with E-state index in [-0.39, 0.29) is 21.7 Å². The topological polar surface area (TPSA) is 93.4 Å². The van der Waals surface area contributed by atoms with Crippen LogP contribution in [0.4, 0.5) is 5.69 Å². The minimum absolute atomic E-state index is 0.0873. The van der Waals surface area contributed by atoms with Crippen LogP contribution in [-0.4, -0.2) is 41.1 Å². The van der Waals surface area contributed by atoms with E-state index < -0.39 is 15.9 Å². The lowest BCUT2D eigenvalue weighted by Crippen LogP contribution is -2.38. The molecule has 0 saturated carbocycles. The highest BCUT2D eigenvalue weighted by molar-refractivity contribution is 7.89. The van der Waals surface area contributed by atoms with Crippen LogP contribution in [-0.2, 0) is 17.1 Å². The van der Waals surface area contributed by atoms with Crippen molar-refractivity contribution >= 4 is 21.6 Å². The van der Waals surface area contributed by atoms with Crippen LogP contribution in [0.5, 0.6) is 0 Å². The quantitative estimate of drug-likeness (QED) is 0.603. The zero-order chi connectivity index (χ0) is 24.6. The number of hydrogen-bond donors (Lipinski definition) is 1. The predicted octanol–water partition coefficient (Wildman–Crippen LogP) is 3.47. The van der Waals surface area contributed by atoms with Crippen LogP contribution in [0.3, 0.4) is 0 Å². The summed E-state index contributed by atoms with van der Waals surface area (Å²) in [4.78, 5) is 26.5. The fourth-order valence-electron chi connectivity index (χ4n) is 4.27. The number of carbonyl (C=O) groups is 1. The molecule has 180 valence electrons. The maximum Gasteiger partial charge on any atom is 0.295 e. The summed E-state index contributed by atoms with van der Waals surface area (Å²) in [5.74, 6) is -0.0207. The van der Waals surface area contributed by atoms with E-state index in [1.165, 1.54) is 21.1 Å². The van der Waals surface area contributed by atoms with Gasteiger partial charge in [0, 0.05) is 25.7 Å². The van der Waals surface area contributed by atoms with Gasteiger partial charge in [-0.15, -0.1) is 0 Å². The van der Waals surface area contributed by atoms with Crippen molar-refractivity contribution in [2.75, 3.05) is 18.4 Å². The second kappa shape index (κ2) is 9.23. The summed E-state index contributed by atoms with van der Waals surface area (Å²) >= 11 is 0. The van der Waals surface area contributed by atoms with Crippen LogP contribution in [0.2, 0.25) is 0 Å². The average molecular weight is 483 g/mol. The molecule has 1 aromatic heterocycles. The number of piperidine rings is 1. The molecule has 0 bridgehead atoms. The number of benzene rings is 2. The first-order valence-corrected chi connectivity index (χ1v) is 12.8. The Balaban J connectivity index is 1.66. The Morgan fingerprint density at radius 2 is 1.68 bits per heavy atom. The van der Waals surface area contributed by atoms with Crippen molar-refractivity contribution in [2.45, 2.75) is 38.5 Å². The molecule has 1 N–H and O–H groups in total. The number of aryl methyl sites for hydroxylation is 1. The number of nitrogens with one attached hydrogen (secondary N) is 1. The number of anilines is 1. The number of sulfonamides is 1. The maximum atomic E-state index is 13.2. The summed E-state index contributed by atoms with van der Waals surface area (Å²) in [6.45, 7) is 6.56. The number of amides is 1. The van der Waals surface area contributed by atoms with Gasteiger partial charge < -0.3 is 5.32 Å². The molecule has 1 fully saturated rings. The number of carbonyl (C=O) groups excluding carboxylic acids is 1. The fourth-order valence-corrected chi connectivity index (χ4v) is 5.77. The second-order valence-electron chi connectivity index (χ2n) is 8.95. The van der Waals surface area contributed by atoms with Gasteiger partial charge in [0.2, 0.25) is 10.0 Å². The summed E-state index contributed by atoms with van der Waals surface area (Å²) < 4.78 is 31.0. The van der Waals surface area contributed by atoms with Gasteiger partial charge in [0.15, 0.2) is 0 Å². The lowest BCUT2D eigenvalue weighted by atomic mass is 10.0. The van der Waals surface area contributed by atoms with Gasteiger partial charge in [0.1, 0.15) is 5.69 Å². The van der Waals surface area contributed by atoms with E-state index in [1.54, 1.807) is 31.6 Å². The van der Waals surface area contributed by atoms with Crippen molar-refractivity contribution in [2.24, 2.45) is 13.0 Å². The average Bonchev–Trinajstić information content (AvgIpc) is 3.03. The van der Waals surface area contributed by atoms with Crippen LogP contribution in [0.15, 0.2) is 58.2 Å². The lowest BCUT2D eigenvalue weighted by Gasteiger charge is -2.29. The zero-order valence-electron chi connectivity index (χ0n) is 19.9. The Kier molecular flexibility index (Phi) is 6.51. The molecule has 34 heavy (non-hydrogen) atoms. The van der Waals surface area contributed by atoms with E-state index in [2.05, 4.69) is 12.2 Å². The molecule has 1 aliphatic rings. The summed E-state index contributed by atoms with van der Waals surface area (Å²) in [5.41, 5.74) is 1.92. The van der Waals surface area contributed by atoms with E-state index in [0.717, 1.165) is 12.8 Å². The zero-order valence-corrected chi connectivity index (χ0v) is 20.7. The van der Waals surface area contributed by atoms with Gasteiger partial charge in [0.05, 0.1) is 16.3 Å². The van der Waals surface area contributed by atoms with Crippen molar-refractivity contribution in [3.05, 3.63) is 75.7 Å².